The van der Waals surface area contributed by atoms with Gasteiger partial charge in [-0.2, -0.15) is 0 Å². The molecule has 0 bridgehead atoms. The second-order valence-corrected chi connectivity index (χ2v) is 5.43. The Bertz CT molecular complexity index is 521. The Morgan fingerprint density at radius 3 is 2.28 bits per heavy atom. The number of benzene rings is 2. The van der Waals surface area contributed by atoms with Gasteiger partial charge in [0.2, 0.25) is 0 Å². The third kappa shape index (κ3) is 3.20. The van der Waals surface area contributed by atoms with Crippen molar-refractivity contribution in [1.82, 2.24) is 0 Å². The van der Waals surface area contributed by atoms with E-state index in [1.807, 2.05) is 30.3 Å². The van der Waals surface area contributed by atoms with Crippen LogP contribution < -0.4 is 11.5 Å². The van der Waals surface area contributed by atoms with E-state index < -0.39 is 0 Å². The van der Waals surface area contributed by atoms with Gasteiger partial charge in [0.25, 0.3) is 0 Å². The van der Waals surface area contributed by atoms with Gasteiger partial charge in [0.1, 0.15) is 0 Å². The van der Waals surface area contributed by atoms with Gasteiger partial charge in [0, 0.05) is 21.2 Å². The van der Waals surface area contributed by atoms with Crippen molar-refractivity contribution in [2.75, 3.05) is 11.5 Å². The fraction of sp³-hybridized carbons (Fsp3) is 0.200. The summed E-state index contributed by atoms with van der Waals surface area (Å²) in [7, 11) is 0. The third-order valence-electron chi connectivity index (χ3n) is 2.75. The summed E-state index contributed by atoms with van der Waals surface area (Å²) < 4.78 is 0. The molecule has 0 unspecified atom stereocenters. The second-order valence-electron chi connectivity index (χ2n) is 4.28. The topological polar surface area (TPSA) is 52.0 Å². The molecule has 2 rings (SSSR count). The van der Waals surface area contributed by atoms with Crippen LogP contribution >= 0.6 is 11.8 Å². The molecule has 18 heavy (non-hydrogen) atoms. The number of hydrogen-bond acceptors (Lipinski definition) is 3. The average Bonchev–Trinajstić information content (AvgIpc) is 2.37. The first-order valence-electron chi connectivity index (χ1n) is 6.11. The van der Waals surface area contributed by atoms with Crippen molar-refractivity contribution in [2.24, 2.45) is 0 Å². The smallest absolute Gasteiger partial charge is 0.0347 e. The van der Waals surface area contributed by atoms with Gasteiger partial charge in [0.15, 0.2) is 0 Å². The Balaban J connectivity index is 2.18. The lowest BCUT2D eigenvalue weighted by Crippen LogP contribution is -1.94. The highest BCUT2D eigenvalue weighted by atomic mass is 32.2. The maximum atomic E-state index is 5.96. The largest absolute Gasteiger partial charge is 0.399 e. The van der Waals surface area contributed by atoms with Gasteiger partial charge >= 0.3 is 0 Å². The van der Waals surface area contributed by atoms with Crippen molar-refractivity contribution in [3.05, 3.63) is 48.0 Å². The second kappa shape index (κ2) is 5.83. The Morgan fingerprint density at radius 1 is 0.944 bits per heavy atom. The van der Waals surface area contributed by atoms with Crippen LogP contribution in [0.25, 0.3) is 0 Å². The lowest BCUT2D eigenvalue weighted by atomic mass is 10.1. The van der Waals surface area contributed by atoms with Crippen LogP contribution in [-0.2, 0) is 6.42 Å². The fourth-order valence-electron chi connectivity index (χ4n) is 1.80. The normalized spacial score (nSPS) is 10.5. The van der Waals surface area contributed by atoms with Crippen LogP contribution in [0.3, 0.4) is 0 Å². The SMILES string of the molecule is CCCc1cc(Sc2ccc(N)cc2)ccc1N. The molecule has 94 valence electrons. The molecule has 0 aliphatic heterocycles. The highest BCUT2D eigenvalue weighted by molar-refractivity contribution is 7.99. The third-order valence-corrected chi connectivity index (χ3v) is 3.75. The van der Waals surface area contributed by atoms with E-state index >= 15 is 0 Å². The number of hydrogen-bond donors (Lipinski definition) is 2. The Kier molecular flexibility index (Phi) is 4.15. The monoisotopic (exact) mass is 258 g/mol. The van der Waals surface area contributed by atoms with Gasteiger partial charge in [-0.05, 0) is 54.4 Å². The lowest BCUT2D eigenvalue weighted by Gasteiger charge is -2.08. The van der Waals surface area contributed by atoms with Crippen LogP contribution in [0.5, 0.6) is 0 Å². The van der Waals surface area contributed by atoms with Gasteiger partial charge in [-0.3, -0.25) is 0 Å². The Hall–Kier alpha value is -1.61. The van der Waals surface area contributed by atoms with Crippen LogP contribution in [-0.4, -0.2) is 0 Å². The van der Waals surface area contributed by atoms with E-state index in [1.165, 1.54) is 15.4 Å². The quantitative estimate of drug-likeness (QED) is 0.816. The van der Waals surface area contributed by atoms with E-state index in [0.717, 1.165) is 24.2 Å². The molecule has 0 spiro atoms. The standard InChI is InChI=1S/C15H18N2S/c1-2-3-11-10-14(8-9-15(11)17)18-13-6-4-12(16)5-7-13/h4-10H,2-3,16-17H2,1H3. The van der Waals surface area contributed by atoms with E-state index in [4.69, 9.17) is 11.5 Å². The zero-order valence-electron chi connectivity index (χ0n) is 10.5. The van der Waals surface area contributed by atoms with Crippen LogP contribution in [0.4, 0.5) is 11.4 Å². The highest BCUT2D eigenvalue weighted by Crippen LogP contribution is 2.30. The summed E-state index contributed by atoms with van der Waals surface area (Å²) in [6.45, 7) is 2.17. The van der Waals surface area contributed by atoms with Crippen molar-refractivity contribution < 1.29 is 0 Å². The molecule has 0 saturated carbocycles. The molecule has 4 N–H and O–H groups in total. The van der Waals surface area contributed by atoms with Crippen molar-refractivity contribution in [3.8, 4) is 0 Å². The molecule has 0 aromatic heterocycles. The maximum absolute atomic E-state index is 5.96. The van der Waals surface area contributed by atoms with E-state index in [-0.39, 0.29) is 0 Å². The van der Waals surface area contributed by atoms with Crippen LogP contribution in [0.2, 0.25) is 0 Å². The summed E-state index contributed by atoms with van der Waals surface area (Å²) >= 11 is 1.73. The fourth-order valence-corrected chi connectivity index (χ4v) is 2.68. The van der Waals surface area contributed by atoms with Crippen molar-refractivity contribution in [2.45, 2.75) is 29.6 Å². The minimum absolute atomic E-state index is 0.795. The van der Waals surface area contributed by atoms with Crippen LogP contribution in [0.1, 0.15) is 18.9 Å². The summed E-state index contributed by atoms with van der Waals surface area (Å²) in [4.78, 5) is 2.41. The molecule has 3 heteroatoms. The summed E-state index contributed by atoms with van der Waals surface area (Å²) in [6.07, 6.45) is 2.14. The number of nitrogens with two attached hydrogens (primary N) is 2. The molecule has 2 aromatic carbocycles. The molecule has 0 amide bonds. The predicted octanol–water partition coefficient (Wildman–Crippen LogP) is 3.95. The molecular weight excluding hydrogens is 240 g/mol. The van der Waals surface area contributed by atoms with Crippen molar-refractivity contribution in [3.63, 3.8) is 0 Å². The minimum atomic E-state index is 0.795. The molecule has 0 fully saturated rings. The van der Waals surface area contributed by atoms with Crippen LogP contribution in [0, 0.1) is 0 Å². The van der Waals surface area contributed by atoms with E-state index in [1.54, 1.807) is 11.8 Å². The first-order valence-corrected chi connectivity index (χ1v) is 6.92. The summed E-state index contributed by atoms with van der Waals surface area (Å²) in [5.41, 5.74) is 14.6. The molecule has 0 aliphatic rings. The number of aryl methyl sites for hydroxylation is 1. The minimum Gasteiger partial charge on any atom is -0.399 e. The Labute approximate surface area is 112 Å². The summed E-state index contributed by atoms with van der Waals surface area (Å²) in [5, 5.41) is 0. The van der Waals surface area contributed by atoms with Gasteiger partial charge in [-0.15, -0.1) is 0 Å². The van der Waals surface area contributed by atoms with Gasteiger partial charge < -0.3 is 11.5 Å². The number of rotatable bonds is 4. The highest BCUT2D eigenvalue weighted by Gasteiger charge is 2.02. The Morgan fingerprint density at radius 2 is 1.61 bits per heavy atom. The molecule has 2 nitrogen and oxygen atoms in total. The molecule has 2 aromatic rings. The molecule has 0 heterocycles. The van der Waals surface area contributed by atoms with E-state index in [0.29, 0.717) is 0 Å². The lowest BCUT2D eigenvalue weighted by molar-refractivity contribution is 0.920. The van der Waals surface area contributed by atoms with E-state index in [9.17, 15) is 0 Å². The molecule has 0 aliphatic carbocycles. The number of nitrogen functional groups attached to an aromatic ring is 2. The summed E-state index contributed by atoms with van der Waals surface area (Å²) in [5.74, 6) is 0. The molecule has 0 atom stereocenters. The van der Waals surface area contributed by atoms with Gasteiger partial charge in [-0.25, -0.2) is 0 Å². The first-order chi connectivity index (χ1) is 8.69. The van der Waals surface area contributed by atoms with Crippen molar-refractivity contribution in [1.29, 1.82) is 0 Å². The average molecular weight is 258 g/mol. The molecular formula is C15H18N2S. The zero-order chi connectivity index (χ0) is 13.0. The van der Waals surface area contributed by atoms with Crippen molar-refractivity contribution >= 4 is 23.1 Å². The predicted molar refractivity (Wildman–Crippen MR) is 79.8 cm³/mol. The first kappa shape index (κ1) is 12.8. The number of anilines is 2. The van der Waals surface area contributed by atoms with Crippen LogP contribution in [0.15, 0.2) is 52.3 Å². The maximum Gasteiger partial charge on any atom is 0.0347 e. The summed E-state index contributed by atoms with van der Waals surface area (Å²) in [6, 6.07) is 14.2. The van der Waals surface area contributed by atoms with E-state index in [2.05, 4.69) is 19.1 Å². The molecule has 0 saturated heterocycles. The molecule has 0 radical (unpaired) electrons. The van der Waals surface area contributed by atoms with Gasteiger partial charge in [0.05, 0.1) is 0 Å². The van der Waals surface area contributed by atoms with Gasteiger partial charge in [-0.1, -0.05) is 25.1 Å². The zero-order valence-corrected chi connectivity index (χ0v) is 11.3.